The number of benzene rings is 1. The molecule has 0 aromatic heterocycles. The summed E-state index contributed by atoms with van der Waals surface area (Å²) in [6.45, 7) is 2.38. The fourth-order valence-corrected chi connectivity index (χ4v) is 3.86. The third kappa shape index (κ3) is 3.38. The van der Waals surface area contributed by atoms with Crippen LogP contribution in [0.3, 0.4) is 0 Å². The number of hydrogen-bond acceptors (Lipinski definition) is 7. The first kappa shape index (κ1) is 15.2. The SMILES string of the molecule is CC(=O)c1cc2c(cc1NC(=O)CSC1=NCCS1)OCO2. The van der Waals surface area contributed by atoms with Crippen molar-refractivity contribution >= 4 is 45.3 Å². The van der Waals surface area contributed by atoms with Crippen LogP contribution in [-0.2, 0) is 4.79 Å². The van der Waals surface area contributed by atoms with E-state index in [1.54, 1.807) is 23.9 Å². The molecule has 116 valence electrons. The molecule has 0 aliphatic carbocycles. The summed E-state index contributed by atoms with van der Waals surface area (Å²) in [7, 11) is 0. The Hall–Kier alpha value is -1.67. The molecule has 1 amide bonds. The van der Waals surface area contributed by atoms with Crippen molar-refractivity contribution in [2.24, 2.45) is 4.99 Å². The second kappa shape index (κ2) is 6.62. The van der Waals surface area contributed by atoms with Crippen LogP contribution in [0.2, 0.25) is 0 Å². The number of carbonyl (C=O) groups excluding carboxylic acids is 2. The fraction of sp³-hybridized carbons (Fsp3) is 0.357. The van der Waals surface area contributed by atoms with Crippen molar-refractivity contribution in [3.05, 3.63) is 17.7 Å². The van der Waals surface area contributed by atoms with Gasteiger partial charge in [0, 0.05) is 17.4 Å². The molecular weight excluding hydrogens is 324 g/mol. The van der Waals surface area contributed by atoms with Crippen LogP contribution >= 0.6 is 23.5 Å². The maximum atomic E-state index is 12.1. The molecule has 1 aromatic rings. The fourth-order valence-electron chi connectivity index (χ4n) is 2.05. The van der Waals surface area contributed by atoms with Crippen LogP contribution < -0.4 is 14.8 Å². The highest BCUT2D eigenvalue weighted by Crippen LogP contribution is 2.37. The highest BCUT2D eigenvalue weighted by molar-refractivity contribution is 8.39. The zero-order chi connectivity index (χ0) is 15.5. The largest absolute Gasteiger partial charge is 0.454 e. The molecule has 1 aromatic carbocycles. The van der Waals surface area contributed by atoms with Gasteiger partial charge in [0.15, 0.2) is 17.3 Å². The smallest absolute Gasteiger partial charge is 0.234 e. The quantitative estimate of drug-likeness (QED) is 0.850. The lowest BCUT2D eigenvalue weighted by atomic mass is 10.1. The van der Waals surface area contributed by atoms with E-state index in [1.165, 1.54) is 18.7 Å². The number of amides is 1. The number of fused-ring (bicyclic) bond motifs is 1. The van der Waals surface area contributed by atoms with E-state index >= 15 is 0 Å². The minimum Gasteiger partial charge on any atom is -0.454 e. The Bertz CT molecular complexity index is 660. The molecule has 0 atom stereocenters. The molecule has 6 nitrogen and oxygen atoms in total. The van der Waals surface area contributed by atoms with Crippen LogP contribution in [0.4, 0.5) is 5.69 Å². The molecule has 2 aliphatic rings. The first-order chi connectivity index (χ1) is 10.6. The van der Waals surface area contributed by atoms with Gasteiger partial charge in [-0.1, -0.05) is 23.5 Å². The number of rotatable bonds is 4. The lowest BCUT2D eigenvalue weighted by Crippen LogP contribution is -2.16. The van der Waals surface area contributed by atoms with Crippen LogP contribution in [-0.4, -0.2) is 40.9 Å². The van der Waals surface area contributed by atoms with Gasteiger partial charge in [-0.25, -0.2) is 0 Å². The summed E-state index contributed by atoms with van der Waals surface area (Å²) in [6, 6.07) is 3.23. The number of hydrogen-bond donors (Lipinski definition) is 1. The second-order valence-electron chi connectivity index (χ2n) is 4.64. The Labute approximate surface area is 136 Å². The Morgan fingerprint density at radius 1 is 1.36 bits per heavy atom. The Morgan fingerprint density at radius 2 is 2.14 bits per heavy atom. The molecule has 3 rings (SSSR count). The maximum Gasteiger partial charge on any atom is 0.234 e. The van der Waals surface area contributed by atoms with E-state index in [4.69, 9.17) is 9.47 Å². The van der Waals surface area contributed by atoms with Crippen molar-refractivity contribution in [2.45, 2.75) is 6.92 Å². The summed E-state index contributed by atoms with van der Waals surface area (Å²) >= 11 is 3.07. The van der Waals surface area contributed by atoms with Gasteiger partial charge in [0.25, 0.3) is 0 Å². The van der Waals surface area contributed by atoms with Gasteiger partial charge in [-0.2, -0.15) is 0 Å². The van der Waals surface area contributed by atoms with Crippen molar-refractivity contribution in [1.29, 1.82) is 0 Å². The normalized spacial score (nSPS) is 15.6. The number of ketones is 1. The summed E-state index contributed by atoms with van der Waals surface area (Å²) in [6.07, 6.45) is 0. The number of anilines is 1. The minimum absolute atomic E-state index is 0.122. The van der Waals surface area contributed by atoms with Crippen molar-refractivity contribution in [1.82, 2.24) is 0 Å². The van der Waals surface area contributed by atoms with E-state index in [9.17, 15) is 9.59 Å². The molecule has 0 spiro atoms. The van der Waals surface area contributed by atoms with Crippen molar-refractivity contribution in [3.8, 4) is 11.5 Å². The van der Waals surface area contributed by atoms with E-state index in [1.807, 2.05) is 0 Å². The van der Waals surface area contributed by atoms with Crippen molar-refractivity contribution in [3.63, 3.8) is 0 Å². The number of aliphatic imine (C=N–C) groups is 1. The lowest BCUT2D eigenvalue weighted by molar-refractivity contribution is -0.113. The van der Waals surface area contributed by atoms with Crippen molar-refractivity contribution in [2.75, 3.05) is 30.2 Å². The van der Waals surface area contributed by atoms with Crippen LogP contribution in [0.5, 0.6) is 11.5 Å². The molecule has 0 saturated carbocycles. The Kier molecular flexibility index (Phi) is 4.58. The molecule has 2 aliphatic heterocycles. The average molecular weight is 338 g/mol. The number of carbonyl (C=O) groups is 2. The highest BCUT2D eigenvalue weighted by atomic mass is 32.2. The van der Waals surface area contributed by atoms with E-state index in [-0.39, 0.29) is 24.2 Å². The third-order valence-electron chi connectivity index (χ3n) is 3.05. The van der Waals surface area contributed by atoms with Crippen LogP contribution in [0.1, 0.15) is 17.3 Å². The van der Waals surface area contributed by atoms with Crippen molar-refractivity contribution < 1.29 is 19.1 Å². The zero-order valence-corrected chi connectivity index (χ0v) is 13.5. The number of nitrogens with zero attached hydrogens (tertiary/aromatic N) is 1. The van der Waals surface area contributed by atoms with Gasteiger partial charge in [0.2, 0.25) is 12.7 Å². The molecule has 2 heterocycles. The van der Waals surface area contributed by atoms with E-state index < -0.39 is 0 Å². The number of nitrogens with one attached hydrogen (secondary N) is 1. The topological polar surface area (TPSA) is 77.0 Å². The number of Topliss-reactive ketones (excluding diaryl/α,β-unsaturated/α-hetero) is 1. The number of thioether (sulfide) groups is 2. The summed E-state index contributed by atoms with van der Waals surface area (Å²) in [5.41, 5.74) is 0.860. The van der Waals surface area contributed by atoms with Crippen LogP contribution in [0, 0.1) is 0 Å². The predicted octanol–water partition coefficient (Wildman–Crippen LogP) is 2.39. The predicted molar refractivity (Wildman–Crippen MR) is 88.4 cm³/mol. The minimum atomic E-state index is -0.179. The molecule has 8 heteroatoms. The number of ether oxygens (including phenoxy) is 2. The lowest BCUT2D eigenvalue weighted by Gasteiger charge is -2.10. The molecule has 0 fully saturated rings. The molecular formula is C14H14N2O4S2. The van der Waals surface area contributed by atoms with Gasteiger partial charge >= 0.3 is 0 Å². The molecule has 0 unspecified atom stereocenters. The van der Waals surface area contributed by atoms with Gasteiger partial charge in [-0.3, -0.25) is 14.6 Å². The van der Waals surface area contributed by atoms with E-state index in [0.717, 1.165) is 16.7 Å². The zero-order valence-electron chi connectivity index (χ0n) is 11.9. The molecule has 0 bridgehead atoms. The maximum absolute atomic E-state index is 12.1. The molecule has 1 N–H and O–H groups in total. The average Bonchev–Trinajstić information content (AvgIpc) is 3.15. The summed E-state index contributed by atoms with van der Waals surface area (Å²) < 4.78 is 11.5. The monoisotopic (exact) mass is 338 g/mol. The van der Waals surface area contributed by atoms with Gasteiger partial charge in [-0.05, 0) is 13.0 Å². The van der Waals surface area contributed by atoms with Gasteiger partial charge in [-0.15, -0.1) is 0 Å². The standard InChI is InChI=1S/C14H14N2O4S2/c1-8(17)9-4-11-12(20-7-19-11)5-10(9)16-13(18)6-22-14-15-2-3-21-14/h4-5H,2-3,6-7H2,1H3,(H,16,18). The summed E-state index contributed by atoms with van der Waals surface area (Å²) in [5.74, 6) is 1.97. The van der Waals surface area contributed by atoms with E-state index in [0.29, 0.717) is 22.7 Å². The molecule has 0 saturated heterocycles. The highest BCUT2D eigenvalue weighted by Gasteiger charge is 2.20. The van der Waals surface area contributed by atoms with Crippen LogP contribution in [0.25, 0.3) is 0 Å². The van der Waals surface area contributed by atoms with Gasteiger partial charge in [0.05, 0.1) is 18.0 Å². The third-order valence-corrected chi connectivity index (χ3v) is 5.30. The Morgan fingerprint density at radius 3 is 2.82 bits per heavy atom. The molecule has 0 radical (unpaired) electrons. The second-order valence-corrected chi connectivity index (χ2v) is 6.95. The van der Waals surface area contributed by atoms with E-state index in [2.05, 4.69) is 10.3 Å². The first-order valence-electron chi connectivity index (χ1n) is 6.68. The first-order valence-corrected chi connectivity index (χ1v) is 8.65. The summed E-state index contributed by atoms with van der Waals surface area (Å²) in [4.78, 5) is 28.1. The van der Waals surface area contributed by atoms with Gasteiger partial charge < -0.3 is 14.8 Å². The summed E-state index contributed by atoms with van der Waals surface area (Å²) in [5, 5.41) is 2.77. The van der Waals surface area contributed by atoms with Crippen LogP contribution in [0.15, 0.2) is 17.1 Å². The van der Waals surface area contributed by atoms with Gasteiger partial charge in [0.1, 0.15) is 4.38 Å². The molecule has 22 heavy (non-hydrogen) atoms. The Balaban J connectivity index is 1.70.